The molecule has 1 N–H and O–H groups in total. The SMILES string of the molecule is COc1cc(/C=C2/NC(=O)N(Cc3ccc(C)cc3)C2=O)cc(Cl)c1OCc1ccccc1. The fourth-order valence-electron chi connectivity index (χ4n) is 3.45. The normalized spacial score (nSPS) is 14.5. The van der Waals surface area contributed by atoms with Crippen LogP contribution in [-0.4, -0.2) is 23.9 Å². The first-order valence-corrected chi connectivity index (χ1v) is 10.8. The molecule has 1 fully saturated rings. The third-order valence-electron chi connectivity index (χ3n) is 5.21. The quantitative estimate of drug-likeness (QED) is 0.380. The second-order valence-electron chi connectivity index (χ2n) is 7.67. The lowest BCUT2D eigenvalue weighted by Crippen LogP contribution is -2.30. The van der Waals surface area contributed by atoms with Crippen LogP contribution in [-0.2, 0) is 17.9 Å². The Morgan fingerprint density at radius 3 is 2.42 bits per heavy atom. The number of urea groups is 1. The van der Waals surface area contributed by atoms with E-state index in [0.717, 1.165) is 16.7 Å². The molecule has 7 heteroatoms. The summed E-state index contributed by atoms with van der Waals surface area (Å²) in [7, 11) is 1.52. The lowest BCUT2D eigenvalue weighted by atomic mass is 10.1. The van der Waals surface area contributed by atoms with Crippen LogP contribution in [0, 0.1) is 6.92 Å². The fourth-order valence-corrected chi connectivity index (χ4v) is 3.72. The van der Waals surface area contributed by atoms with E-state index in [1.165, 1.54) is 12.0 Å². The molecule has 6 nitrogen and oxygen atoms in total. The van der Waals surface area contributed by atoms with Crippen molar-refractivity contribution >= 4 is 29.6 Å². The topological polar surface area (TPSA) is 67.9 Å². The molecule has 0 aromatic heterocycles. The summed E-state index contributed by atoms with van der Waals surface area (Å²) in [5, 5.41) is 2.97. The molecule has 0 saturated carbocycles. The Kier molecular flexibility index (Phi) is 6.66. The van der Waals surface area contributed by atoms with Gasteiger partial charge in [0.05, 0.1) is 18.7 Å². The van der Waals surface area contributed by atoms with E-state index in [9.17, 15) is 9.59 Å². The zero-order chi connectivity index (χ0) is 23.4. The first-order chi connectivity index (χ1) is 15.9. The number of halogens is 1. The number of carbonyl (C=O) groups is 2. The van der Waals surface area contributed by atoms with E-state index < -0.39 is 11.9 Å². The number of carbonyl (C=O) groups excluding carboxylic acids is 2. The van der Waals surface area contributed by atoms with E-state index in [4.69, 9.17) is 21.1 Å². The smallest absolute Gasteiger partial charge is 0.329 e. The van der Waals surface area contributed by atoms with Gasteiger partial charge in [0.25, 0.3) is 5.91 Å². The highest BCUT2D eigenvalue weighted by atomic mass is 35.5. The lowest BCUT2D eigenvalue weighted by molar-refractivity contribution is -0.123. The third-order valence-corrected chi connectivity index (χ3v) is 5.49. The largest absolute Gasteiger partial charge is 0.493 e. The summed E-state index contributed by atoms with van der Waals surface area (Å²) in [5.41, 5.74) is 3.75. The summed E-state index contributed by atoms with van der Waals surface area (Å²) in [5.74, 6) is 0.437. The van der Waals surface area contributed by atoms with Crippen molar-refractivity contribution in [3.63, 3.8) is 0 Å². The molecular formula is C26H23ClN2O4. The molecule has 1 aliphatic heterocycles. The number of hydrogen-bond donors (Lipinski definition) is 1. The predicted molar refractivity (Wildman–Crippen MR) is 127 cm³/mol. The Morgan fingerprint density at radius 2 is 1.73 bits per heavy atom. The highest BCUT2D eigenvalue weighted by Crippen LogP contribution is 2.37. The van der Waals surface area contributed by atoms with E-state index in [1.54, 1.807) is 18.2 Å². The minimum Gasteiger partial charge on any atom is -0.493 e. The average molecular weight is 463 g/mol. The van der Waals surface area contributed by atoms with Crippen LogP contribution in [0.1, 0.15) is 22.3 Å². The second-order valence-corrected chi connectivity index (χ2v) is 8.08. The van der Waals surface area contributed by atoms with E-state index in [0.29, 0.717) is 28.7 Å². The van der Waals surface area contributed by atoms with Gasteiger partial charge in [-0.25, -0.2) is 4.79 Å². The Hall–Kier alpha value is -3.77. The first-order valence-electron chi connectivity index (χ1n) is 10.4. The van der Waals surface area contributed by atoms with Crippen molar-refractivity contribution in [2.45, 2.75) is 20.1 Å². The molecule has 0 bridgehead atoms. The molecule has 1 saturated heterocycles. The molecule has 0 radical (unpaired) electrons. The van der Waals surface area contributed by atoms with Gasteiger partial charge in [-0.15, -0.1) is 0 Å². The minimum absolute atomic E-state index is 0.170. The van der Waals surface area contributed by atoms with Gasteiger partial charge in [0, 0.05) is 0 Å². The van der Waals surface area contributed by atoms with Crippen LogP contribution in [0.2, 0.25) is 5.02 Å². The molecule has 3 aromatic rings. The molecule has 1 heterocycles. The van der Waals surface area contributed by atoms with Gasteiger partial charge in [-0.2, -0.15) is 0 Å². The Labute approximate surface area is 197 Å². The molecule has 0 aliphatic carbocycles. The third kappa shape index (κ3) is 5.18. The minimum atomic E-state index is -0.465. The standard InChI is InChI=1S/C26H23ClN2O4/c1-17-8-10-18(11-9-17)15-29-25(30)22(28-26(29)31)13-20-12-21(27)24(23(14-20)32-2)33-16-19-6-4-3-5-7-19/h3-14H,15-16H2,1-2H3,(H,28,31)/b22-13+. The van der Waals surface area contributed by atoms with Gasteiger partial charge in [0.15, 0.2) is 11.5 Å². The maximum Gasteiger partial charge on any atom is 0.329 e. The van der Waals surface area contributed by atoms with E-state index in [2.05, 4.69) is 5.32 Å². The van der Waals surface area contributed by atoms with Crippen LogP contribution in [0.4, 0.5) is 4.79 Å². The van der Waals surface area contributed by atoms with Gasteiger partial charge in [-0.3, -0.25) is 9.69 Å². The van der Waals surface area contributed by atoms with Gasteiger partial charge in [-0.1, -0.05) is 71.8 Å². The van der Waals surface area contributed by atoms with Crippen LogP contribution >= 0.6 is 11.6 Å². The first kappa shape index (κ1) is 22.4. The maximum atomic E-state index is 12.8. The number of hydrogen-bond acceptors (Lipinski definition) is 4. The number of aryl methyl sites for hydroxylation is 1. The van der Waals surface area contributed by atoms with E-state index in [-0.39, 0.29) is 12.2 Å². The summed E-state index contributed by atoms with van der Waals surface area (Å²) >= 11 is 6.46. The van der Waals surface area contributed by atoms with Crippen LogP contribution in [0.25, 0.3) is 6.08 Å². The number of methoxy groups -OCH3 is 1. The van der Waals surface area contributed by atoms with E-state index in [1.807, 2.05) is 61.5 Å². The highest BCUT2D eigenvalue weighted by molar-refractivity contribution is 6.32. The summed E-state index contributed by atoms with van der Waals surface area (Å²) in [6.07, 6.45) is 1.57. The van der Waals surface area contributed by atoms with Gasteiger partial charge < -0.3 is 14.8 Å². The monoisotopic (exact) mass is 462 g/mol. The zero-order valence-corrected chi connectivity index (χ0v) is 19.1. The number of benzene rings is 3. The van der Waals surface area contributed by atoms with Gasteiger partial charge in [-0.05, 0) is 41.8 Å². The maximum absolute atomic E-state index is 12.8. The second kappa shape index (κ2) is 9.79. The number of rotatable bonds is 7. The number of imide groups is 1. The van der Waals surface area contributed by atoms with Crippen molar-refractivity contribution in [2.75, 3.05) is 7.11 Å². The van der Waals surface area contributed by atoms with Crippen LogP contribution < -0.4 is 14.8 Å². The summed E-state index contributed by atoms with van der Waals surface area (Å²) in [4.78, 5) is 26.4. The van der Waals surface area contributed by atoms with Gasteiger partial charge in [0.1, 0.15) is 12.3 Å². The molecule has 1 aliphatic rings. The van der Waals surface area contributed by atoms with Crippen molar-refractivity contribution in [3.8, 4) is 11.5 Å². The molecule has 0 atom stereocenters. The predicted octanol–water partition coefficient (Wildman–Crippen LogP) is 5.33. The van der Waals surface area contributed by atoms with Crippen molar-refractivity contribution in [1.29, 1.82) is 0 Å². The van der Waals surface area contributed by atoms with Crippen molar-refractivity contribution in [1.82, 2.24) is 10.2 Å². The van der Waals surface area contributed by atoms with Gasteiger partial charge in [0.2, 0.25) is 0 Å². The molecule has 3 aromatic carbocycles. The fraction of sp³-hybridized carbons (Fsp3) is 0.154. The van der Waals surface area contributed by atoms with Gasteiger partial charge >= 0.3 is 6.03 Å². The Bertz CT molecular complexity index is 1210. The Balaban J connectivity index is 1.53. The van der Waals surface area contributed by atoms with Crippen molar-refractivity contribution < 1.29 is 19.1 Å². The number of amides is 3. The molecule has 4 rings (SSSR count). The van der Waals surface area contributed by atoms with Crippen molar-refractivity contribution in [3.05, 3.63) is 99.7 Å². The highest BCUT2D eigenvalue weighted by Gasteiger charge is 2.33. The average Bonchev–Trinajstić information content (AvgIpc) is 3.07. The van der Waals surface area contributed by atoms with Crippen LogP contribution in [0.3, 0.4) is 0 Å². The molecule has 168 valence electrons. The van der Waals surface area contributed by atoms with E-state index >= 15 is 0 Å². The summed E-state index contributed by atoms with van der Waals surface area (Å²) < 4.78 is 11.3. The molecule has 3 amide bonds. The zero-order valence-electron chi connectivity index (χ0n) is 18.3. The van der Waals surface area contributed by atoms with Crippen molar-refractivity contribution in [2.24, 2.45) is 0 Å². The molecule has 0 spiro atoms. The number of ether oxygens (including phenoxy) is 2. The number of nitrogens with zero attached hydrogens (tertiary/aromatic N) is 1. The Morgan fingerprint density at radius 1 is 1.00 bits per heavy atom. The summed E-state index contributed by atoms with van der Waals surface area (Å²) in [6, 6.07) is 20.3. The summed E-state index contributed by atoms with van der Waals surface area (Å²) in [6.45, 7) is 2.51. The molecule has 0 unspecified atom stereocenters. The lowest BCUT2D eigenvalue weighted by Gasteiger charge is -2.14. The van der Waals surface area contributed by atoms with Crippen LogP contribution in [0.5, 0.6) is 11.5 Å². The number of nitrogens with one attached hydrogen (secondary N) is 1. The molecular weight excluding hydrogens is 440 g/mol. The molecule has 33 heavy (non-hydrogen) atoms. The van der Waals surface area contributed by atoms with Crippen LogP contribution in [0.15, 0.2) is 72.4 Å².